The minimum atomic E-state index is 0. The number of hydrogen-bond donors (Lipinski definition) is 0. The van der Waals surface area contributed by atoms with Crippen LogP contribution in [-0.2, 0) is 0 Å². The first-order chi connectivity index (χ1) is 3.80. The van der Waals surface area contributed by atoms with Gasteiger partial charge in [-0.05, 0) is 25.0 Å². The van der Waals surface area contributed by atoms with Crippen LogP contribution in [0.15, 0.2) is 24.3 Å². The Hall–Kier alpha value is 0.220. The SMILES string of the molecule is Cc1ccccc1C.[Na]. The standard InChI is InChI=1S/C8H10.Na/c1-7-5-3-4-6-8(7)2;/h3-6H,1-2H3;. The van der Waals surface area contributed by atoms with Gasteiger partial charge in [0.25, 0.3) is 0 Å². The van der Waals surface area contributed by atoms with E-state index in [1.807, 2.05) is 0 Å². The minimum Gasteiger partial charge on any atom is -0.0620 e. The average Bonchev–Trinajstić information content (AvgIpc) is 1.77. The van der Waals surface area contributed by atoms with Crippen molar-refractivity contribution >= 4 is 29.6 Å². The Labute approximate surface area is 78.6 Å². The first kappa shape index (κ1) is 9.22. The summed E-state index contributed by atoms with van der Waals surface area (Å²) in [6.45, 7) is 4.24. The molecule has 0 saturated heterocycles. The smallest absolute Gasteiger partial charge is 0 e. The fourth-order valence-electron chi connectivity index (χ4n) is 0.663. The van der Waals surface area contributed by atoms with Crippen molar-refractivity contribution in [2.45, 2.75) is 13.8 Å². The summed E-state index contributed by atoms with van der Waals surface area (Å²) in [6.07, 6.45) is 0. The molecule has 1 aromatic rings. The zero-order chi connectivity index (χ0) is 5.98. The molecule has 43 valence electrons. The molecule has 1 rings (SSSR count). The molecule has 0 unspecified atom stereocenters. The Bertz CT molecular complexity index is 161. The van der Waals surface area contributed by atoms with Crippen molar-refractivity contribution in [3.8, 4) is 0 Å². The molecule has 0 aliphatic heterocycles. The monoisotopic (exact) mass is 129 g/mol. The normalized spacial score (nSPS) is 8.22. The summed E-state index contributed by atoms with van der Waals surface area (Å²) in [5, 5.41) is 0. The molecule has 1 heteroatoms. The maximum Gasteiger partial charge on any atom is 0 e. The molecule has 0 saturated carbocycles. The second-order valence-electron chi connectivity index (χ2n) is 2.08. The van der Waals surface area contributed by atoms with E-state index in [-0.39, 0.29) is 29.6 Å². The van der Waals surface area contributed by atoms with Crippen molar-refractivity contribution < 1.29 is 0 Å². The summed E-state index contributed by atoms with van der Waals surface area (Å²) < 4.78 is 0. The van der Waals surface area contributed by atoms with Crippen LogP contribution in [0.3, 0.4) is 0 Å². The van der Waals surface area contributed by atoms with Gasteiger partial charge in [-0.25, -0.2) is 0 Å². The second kappa shape index (κ2) is 4.10. The molecule has 1 aromatic carbocycles. The molecule has 0 spiro atoms. The van der Waals surface area contributed by atoms with Crippen molar-refractivity contribution in [1.82, 2.24) is 0 Å². The van der Waals surface area contributed by atoms with Gasteiger partial charge in [0, 0.05) is 29.6 Å². The molecular formula is C8H10Na. The summed E-state index contributed by atoms with van der Waals surface area (Å²) in [4.78, 5) is 0. The molecule has 9 heavy (non-hydrogen) atoms. The molecule has 0 heterocycles. The van der Waals surface area contributed by atoms with Gasteiger partial charge < -0.3 is 0 Å². The topological polar surface area (TPSA) is 0 Å². The molecular weight excluding hydrogens is 119 g/mol. The van der Waals surface area contributed by atoms with Crippen LogP contribution in [0.25, 0.3) is 0 Å². The van der Waals surface area contributed by atoms with Crippen molar-refractivity contribution in [3.63, 3.8) is 0 Å². The molecule has 0 aliphatic rings. The first-order valence-electron chi connectivity index (χ1n) is 2.83. The summed E-state index contributed by atoms with van der Waals surface area (Å²) in [7, 11) is 0. The number of aryl methyl sites for hydroxylation is 2. The van der Waals surface area contributed by atoms with Gasteiger partial charge in [-0.2, -0.15) is 0 Å². The van der Waals surface area contributed by atoms with Crippen LogP contribution in [0.4, 0.5) is 0 Å². The van der Waals surface area contributed by atoms with Crippen molar-refractivity contribution in [2.24, 2.45) is 0 Å². The molecule has 0 nitrogen and oxygen atoms in total. The second-order valence-corrected chi connectivity index (χ2v) is 2.08. The van der Waals surface area contributed by atoms with Crippen LogP contribution in [0.5, 0.6) is 0 Å². The fraction of sp³-hybridized carbons (Fsp3) is 0.250. The molecule has 0 fully saturated rings. The molecule has 0 aliphatic carbocycles. The minimum absolute atomic E-state index is 0. The Balaban J connectivity index is 0.000000640. The van der Waals surface area contributed by atoms with Crippen LogP contribution in [0.2, 0.25) is 0 Å². The third-order valence-electron chi connectivity index (χ3n) is 1.43. The maximum absolute atomic E-state index is 2.12. The van der Waals surface area contributed by atoms with E-state index in [2.05, 4.69) is 38.1 Å². The van der Waals surface area contributed by atoms with Crippen molar-refractivity contribution in [2.75, 3.05) is 0 Å². The third-order valence-corrected chi connectivity index (χ3v) is 1.43. The van der Waals surface area contributed by atoms with Crippen LogP contribution in [0, 0.1) is 13.8 Å². The van der Waals surface area contributed by atoms with Crippen LogP contribution in [-0.4, -0.2) is 29.6 Å². The Morgan fingerprint density at radius 1 is 0.889 bits per heavy atom. The van der Waals surface area contributed by atoms with Gasteiger partial charge >= 0.3 is 0 Å². The summed E-state index contributed by atoms with van der Waals surface area (Å²) in [5.74, 6) is 0. The van der Waals surface area contributed by atoms with E-state index in [0.717, 1.165) is 0 Å². The van der Waals surface area contributed by atoms with E-state index in [9.17, 15) is 0 Å². The van der Waals surface area contributed by atoms with E-state index in [0.29, 0.717) is 0 Å². The predicted octanol–water partition coefficient (Wildman–Crippen LogP) is 1.92. The van der Waals surface area contributed by atoms with Crippen molar-refractivity contribution in [1.29, 1.82) is 0 Å². The summed E-state index contributed by atoms with van der Waals surface area (Å²) in [6, 6.07) is 8.36. The van der Waals surface area contributed by atoms with E-state index in [1.165, 1.54) is 11.1 Å². The number of rotatable bonds is 0. The van der Waals surface area contributed by atoms with E-state index >= 15 is 0 Å². The average molecular weight is 129 g/mol. The third kappa shape index (κ3) is 2.53. The Kier molecular flexibility index (Phi) is 4.20. The molecule has 0 N–H and O–H groups in total. The molecule has 0 amide bonds. The van der Waals surface area contributed by atoms with Gasteiger partial charge in [0.05, 0.1) is 0 Å². The van der Waals surface area contributed by atoms with E-state index in [4.69, 9.17) is 0 Å². The quantitative estimate of drug-likeness (QED) is 0.469. The van der Waals surface area contributed by atoms with E-state index < -0.39 is 0 Å². The molecule has 0 aromatic heterocycles. The van der Waals surface area contributed by atoms with Crippen LogP contribution < -0.4 is 0 Å². The van der Waals surface area contributed by atoms with E-state index in [1.54, 1.807) is 0 Å². The van der Waals surface area contributed by atoms with Gasteiger partial charge in [0.15, 0.2) is 0 Å². The molecule has 0 atom stereocenters. The number of hydrogen-bond acceptors (Lipinski definition) is 0. The fourth-order valence-corrected chi connectivity index (χ4v) is 0.663. The summed E-state index contributed by atoms with van der Waals surface area (Å²) in [5.41, 5.74) is 2.74. The zero-order valence-electron chi connectivity index (χ0n) is 6.31. The maximum atomic E-state index is 2.12. The first-order valence-corrected chi connectivity index (χ1v) is 2.83. The zero-order valence-corrected chi connectivity index (χ0v) is 8.31. The van der Waals surface area contributed by atoms with Gasteiger partial charge in [0.1, 0.15) is 0 Å². The molecule has 1 radical (unpaired) electrons. The largest absolute Gasteiger partial charge is 0.0620 e. The Morgan fingerprint density at radius 3 is 1.44 bits per heavy atom. The summed E-state index contributed by atoms with van der Waals surface area (Å²) >= 11 is 0. The van der Waals surface area contributed by atoms with Gasteiger partial charge in [-0.15, -0.1) is 0 Å². The van der Waals surface area contributed by atoms with Gasteiger partial charge in [-0.1, -0.05) is 24.3 Å². The van der Waals surface area contributed by atoms with Gasteiger partial charge in [0.2, 0.25) is 0 Å². The van der Waals surface area contributed by atoms with Gasteiger partial charge in [-0.3, -0.25) is 0 Å². The van der Waals surface area contributed by atoms with Crippen LogP contribution >= 0.6 is 0 Å². The van der Waals surface area contributed by atoms with Crippen LogP contribution in [0.1, 0.15) is 11.1 Å². The number of benzene rings is 1. The van der Waals surface area contributed by atoms with Crippen molar-refractivity contribution in [3.05, 3.63) is 35.4 Å². The predicted molar refractivity (Wildman–Crippen MR) is 41.7 cm³/mol. The molecule has 0 bridgehead atoms. The Morgan fingerprint density at radius 2 is 1.22 bits per heavy atom.